The lowest BCUT2D eigenvalue weighted by atomic mass is 10.1. The molecule has 1 aromatic carbocycles. The largest absolute Gasteiger partial charge is 0.465 e. The van der Waals surface area contributed by atoms with Crippen LogP contribution in [0.2, 0.25) is 0 Å². The molecule has 0 unspecified atom stereocenters. The van der Waals surface area contributed by atoms with E-state index in [-0.39, 0.29) is 5.97 Å². The van der Waals surface area contributed by atoms with E-state index in [1.54, 1.807) is 11.3 Å². The molecular formula is C17H19NO2S. The number of carbonyl (C=O) groups excluding carboxylic acids is 1. The number of hydrogen-bond donors (Lipinski definition) is 0. The lowest BCUT2D eigenvalue weighted by Crippen LogP contribution is -2.24. The molecule has 0 aliphatic heterocycles. The Bertz CT molecular complexity index is 588. The molecule has 4 heteroatoms. The smallest absolute Gasteiger partial charge is 0.337 e. The van der Waals surface area contributed by atoms with Gasteiger partial charge in [0.25, 0.3) is 0 Å². The summed E-state index contributed by atoms with van der Waals surface area (Å²) in [4.78, 5) is 14.0. The van der Waals surface area contributed by atoms with Gasteiger partial charge in [-0.3, -0.25) is 4.90 Å². The van der Waals surface area contributed by atoms with Gasteiger partial charge in [0.15, 0.2) is 0 Å². The van der Waals surface area contributed by atoms with Crippen LogP contribution in [0.1, 0.15) is 34.3 Å². The highest BCUT2D eigenvalue weighted by Crippen LogP contribution is 2.30. The second-order valence-corrected chi connectivity index (χ2v) is 6.24. The Labute approximate surface area is 129 Å². The molecule has 110 valence electrons. The maximum atomic E-state index is 11.4. The van der Waals surface area contributed by atoms with Crippen molar-refractivity contribution in [2.24, 2.45) is 0 Å². The van der Waals surface area contributed by atoms with E-state index in [1.165, 1.54) is 31.1 Å². The minimum Gasteiger partial charge on any atom is -0.465 e. The molecule has 1 fully saturated rings. The molecule has 0 radical (unpaired) electrons. The van der Waals surface area contributed by atoms with Gasteiger partial charge >= 0.3 is 5.97 Å². The highest BCUT2D eigenvalue weighted by Gasteiger charge is 2.28. The van der Waals surface area contributed by atoms with Crippen LogP contribution in [0.15, 0.2) is 41.1 Å². The molecule has 0 saturated heterocycles. The standard InChI is InChI=1S/C17H19NO2S/c1-20-17(19)15-4-2-13(3-5-15)10-18(16-6-7-16)11-14-8-9-21-12-14/h2-5,8-9,12,16H,6-7,10-11H2,1H3. The minimum absolute atomic E-state index is 0.279. The maximum absolute atomic E-state index is 11.4. The molecule has 1 aliphatic rings. The molecule has 0 spiro atoms. The van der Waals surface area contributed by atoms with Gasteiger partial charge in [0.05, 0.1) is 12.7 Å². The Hall–Kier alpha value is -1.65. The number of benzene rings is 1. The monoisotopic (exact) mass is 301 g/mol. The fourth-order valence-electron chi connectivity index (χ4n) is 2.47. The molecule has 21 heavy (non-hydrogen) atoms. The average molecular weight is 301 g/mol. The molecule has 0 atom stereocenters. The van der Waals surface area contributed by atoms with Crippen molar-refractivity contribution in [3.8, 4) is 0 Å². The quantitative estimate of drug-likeness (QED) is 0.762. The van der Waals surface area contributed by atoms with Crippen molar-refractivity contribution in [2.75, 3.05) is 7.11 Å². The zero-order valence-corrected chi connectivity index (χ0v) is 12.9. The van der Waals surface area contributed by atoms with Gasteiger partial charge in [-0.05, 0) is 52.9 Å². The van der Waals surface area contributed by atoms with Crippen molar-refractivity contribution in [1.29, 1.82) is 0 Å². The van der Waals surface area contributed by atoms with Crippen molar-refractivity contribution in [3.63, 3.8) is 0 Å². The van der Waals surface area contributed by atoms with Crippen LogP contribution in [-0.4, -0.2) is 24.0 Å². The molecule has 1 aliphatic carbocycles. The van der Waals surface area contributed by atoms with E-state index < -0.39 is 0 Å². The number of thiophene rings is 1. The fourth-order valence-corrected chi connectivity index (χ4v) is 3.13. The van der Waals surface area contributed by atoms with Gasteiger partial charge in [0.2, 0.25) is 0 Å². The third kappa shape index (κ3) is 3.71. The summed E-state index contributed by atoms with van der Waals surface area (Å²) < 4.78 is 4.73. The van der Waals surface area contributed by atoms with Crippen LogP contribution in [-0.2, 0) is 17.8 Å². The SMILES string of the molecule is COC(=O)c1ccc(CN(Cc2ccsc2)C2CC2)cc1. The normalized spacial score (nSPS) is 14.4. The Morgan fingerprint density at radius 1 is 1.19 bits per heavy atom. The average Bonchev–Trinajstić information content (AvgIpc) is 3.24. The van der Waals surface area contributed by atoms with E-state index in [4.69, 9.17) is 4.74 Å². The van der Waals surface area contributed by atoms with Gasteiger partial charge in [0, 0.05) is 19.1 Å². The summed E-state index contributed by atoms with van der Waals surface area (Å²) in [5.41, 5.74) is 3.24. The van der Waals surface area contributed by atoms with E-state index in [1.807, 2.05) is 24.3 Å². The lowest BCUT2D eigenvalue weighted by molar-refractivity contribution is 0.0600. The Kier molecular flexibility index (Phi) is 4.36. The first-order valence-corrected chi connectivity index (χ1v) is 8.13. The van der Waals surface area contributed by atoms with Gasteiger partial charge < -0.3 is 4.74 Å². The fraction of sp³-hybridized carbons (Fsp3) is 0.353. The van der Waals surface area contributed by atoms with E-state index in [0.717, 1.165) is 13.1 Å². The number of rotatable bonds is 6. The van der Waals surface area contributed by atoms with Gasteiger partial charge in [-0.15, -0.1) is 0 Å². The predicted molar refractivity (Wildman–Crippen MR) is 84.4 cm³/mol. The number of hydrogen-bond acceptors (Lipinski definition) is 4. The summed E-state index contributed by atoms with van der Waals surface area (Å²) >= 11 is 1.75. The van der Waals surface area contributed by atoms with Gasteiger partial charge in [-0.2, -0.15) is 11.3 Å². The van der Waals surface area contributed by atoms with Crippen LogP contribution in [0.3, 0.4) is 0 Å². The summed E-state index contributed by atoms with van der Waals surface area (Å²) in [6, 6.07) is 10.6. The van der Waals surface area contributed by atoms with E-state index in [9.17, 15) is 4.79 Å². The Balaban J connectivity index is 1.66. The van der Waals surface area contributed by atoms with Crippen LogP contribution in [0.5, 0.6) is 0 Å². The molecule has 3 rings (SSSR count). The van der Waals surface area contributed by atoms with Crippen molar-refractivity contribution in [1.82, 2.24) is 4.90 Å². The molecule has 3 nitrogen and oxygen atoms in total. The van der Waals surface area contributed by atoms with Crippen molar-refractivity contribution in [2.45, 2.75) is 32.0 Å². The number of nitrogens with zero attached hydrogens (tertiary/aromatic N) is 1. The Morgan fingerprint density at radius 3 is 2.48 bits per heavy atom. The van der Waals surface area contributed by atoms with Gasteiger partial charge in [-0.25, -0.2) is 4.79 Å². The highest BCUT2D eigenvalue weighted by molar-refractivity contribution is 7.07. The first-order valence-electron chi connectivity index (χ1n) is 7.18. The molecule has 0 N–H and O–H groups in total. The van der Waals surface area contributed by atoms with E-state index >= 15 is 0 Å². The first kappa shape index (κ1) is 14.3. The number of ether oxygens (including phenoxy) is 1. The molecule has 2 aromatic rings. The zero-order chi connectivity index (χ0) is 14.7. The first-order chi connectivity index (χ1) is 10.3. The molecule has 0 amide bonds. The summed E-state index contributed by atoms with van der Waals surface area (Å²) in [6.45, 7) is 1.94. The second kappa shape index (κ2) is 6.41. The van der Waals surface area contributed by atoms with Gasteiger partial charge in [0.1, 0.15) is 0 Å². The van der Waals surface area contributed by atoms with Crippen LogP contribution < -0.4 is 0 Å². The van der Waals surface area contributed by atoms with Crippen molar-refractivity contribution in [3.05, 3.63) is 57.8 Å². The zero-order valence-electron chi connectivity index (χ0n) is 12.1. The van der Waals surface area contributed by atoms with Crippen LogP contribution in [0.4, 0.5) is 0 Å². The summed E-state index contributed by atoms with van der Waals surface area (Å²) in [6.07, 6.45) is 2.59. The molecule has 0 bridgehead atoms. The van der Waals surface area contributed by atoms with Crippen LogP contribution in [0.25, 0.3) is 0 Å². The third-order valence-electron chi connectivity index (χ3n) is 3.79. The van der Waals surface area contributed by atoms with E-state index in [0.29, 0.717) is 11.6 Å². The van der Waals surface area contributed by atoms with Crippen molar-refractivity contribution >= 4 is 17.3 Å². The molecule has 1 saturated carbocycles. The number of methoxy groups -OCH3 is 1. The minimum atomic E-state index is -0.279. The summed E-state index contributed by atoms with van der Waals surface area (Å²) in [7, 11) is 1.41. The predicted octanol–water partition coefficient (Wildman–Crippen LogP) is 3.70. The van der Waals surface area contributed by atoms with Crippen molar-refractivity contribution < 1.29 is 9.53 Å². The molecule has 1 heterocycles. The number of carbonyl (C=O) groups is 1. The van der Waals surface area contributed by atoms with Gasteiger partial charge in [-0.1, -0.05) is 12.1 Å². The number of esters is 1. The summed E-state index contributed by atoms with van der Waals surface area (Å²) in [5, 5.41) is 4.35. The molecular weight excluding hydrogens is 282 g/mol. The Morgan fingerprint density at radius 2 is 1.90 bits per heavy atom. The molecule has 1 aromatic heterocycles. The van der Waals surface area contributed by atoms with Crippen LogP contribution >= 0.6 is 11.3 Å². The second-order valence-electron chi connectivity index (χ2n) is 5.46. The van der Waals surface area contributed by atoms with E-state index in [2.05, 4.69) is 21.7 Å². The summed E-state index contributed by atoms with van der Waals surface area (Å²) in [5.74, 6) is -0.279. The third-order valence-corrected chi connectivity index (χ3v) is 4.52. The highest BCUT2D eigenvalue weighted by atomic mass is 32.1. The topological polar surface area (TPSA) is 29.5 Å². The lowest BCUT2D eigenvalue weighted by Gasteiger charge is -2.21. The van der Waals surface area contributed by atoms with Crippen LogP contribution in [0, 0.1) is 0 Å². The maximum Gasteiger partial charge on any atom is 0.337 e.